The first kappa shape index (κ1) is 14.6. The lowest BCUT2D eigenvalue weighted by Crippen LogP contribution is -1.97. The van der Waals surface area contributed by atoms with Gasteiger partial charge in [0.15, 0.2) is 5.78 Å². The highest BCUT2D eigenvalue weighted by Gasteiger charge is 2.20. The van der Waals surface area contributed by atoms with E-state index in [1.165, 1.54) is 11.3 Å². The molecule has 5 nitrogen and oxygen atoms in total. The van der Waals surface area contributed by atoms with Crippen LogP contribution in [0.5, 0.6) is 0 Å². The predicted molar refractivity (Wildman–Crippen MR) is 87.0 cm³/mol. The Kier molecular flexibility index (Phi) is 3.85. The molecule has 0 amide bonds. The lowest BCUT2D eigenvalue weighted by molar-refractivity contribution is 0.101. The van der Waals surface area contributed by atoms with Crippen molar-refractivity contribution in [1.29, 1.82) is 0 Å². The lowest BCUT2D eigenvalue weighted by Gasteiger charge is -2.00. The minimum Gasteiger partial charge on any atom is -0.356 e. The zero-order valence-electron chi connectivity index (χ0n) is 12.7. The summed E-state index contributed by atoms with van der Waals surface area (Å²) >= 11 is 1.52. The van der Waals surface area contributed by atoms with Crippen molar-refractivity contribution in [3.63, 3.8) is 0 Å². The molecule has 3 aromatic rings. The standard InChI is InChI=1S/C16H16N4OS/c1-4-11-14(10(3)21)9(2)19-15(11)13-8-22-16(20-13)12-7-17-5-6-18-12/h5-8,19H,4H2,1-3H3. The van der Waals surface area contributed by atoms with Gasteiger partial charge >= 0.3 is 0 Å². The molecule has 0 fully saturated rings. The largest absolute Gasteiger partial charge is 0.356 e. The van der Waals surface area contributed by atoms with Gasteiger partial charge < -0.3 is 4.98 Å². The summed E-state index contributed by atoms with van der Waals surface area (Å²) < 4.78 is 0. The number of ketones is 1. The molecule has 0 saturated carbocycles. The van der Waals surface area contributed by atoms with Gasteiger partial charge in [-0.05, 0) is 25.8 Å². The second-order valence-electron chi connectivity index (χ2n) is 5.02. The molecule has 0 spiro atoms. The number of Topliss-reactive ketones (excluding diaryl/α,β-unsaturated/α-hetero) is 1. The zero-order chi connectivity index (χ0) is 15.7. The number of carbonyl (C=O) groups excluding carboxylic acids is 1. The van der Waals surface area contributed by atoms with Gasteiger partial charge in [-0.1, -0.05) is 6.92 Å². The topological polar surface area (TPSA) is 71.5 Å². The van der Waals surface area contributed by atoms with Crippen molar-refractivity contribution in [1.82, 2.24) is 19.9 Å². The summed E-state index contributed by atoms with van der Waals surface area (Å²) in [6, 6.07) is 0. The van der Waals surface area contributed by atoms with E-state index in [4.69, 9.17) is 0 Å². The van der Waals surface area contributed by atoms with Crippen molar-refractivity contribution in [3.05, 3.63) is 40.8 Å². The molecule has 6 heteroatoms. The SMILES string of the molecule is CCc1c(-c2csc(-c3cnccn3)n2)[nH]c(C)c1C(C)=O. The van der Waals surface area contributed by atoms with Crippen molar-refractivity contribution < 1.29 is 4.79 Å². The van der Waals surface area contributed by atoms with Crippen molar-refractivity contribution in [3.8, 4) is 22.1 Å². The number of hydrogen-bond donors (Lipinski definition) is 1. The van der Waals surface area contributed by atoms with E-state index in [1.807, 2.05) is 12.3 Å². The van der Waals surface area contributed by atoms with Crippen LogP contribution in [-0.4, -0.2) is 25.7 Å². The predicted octanol–water partition coefficient (Wildman–Crippen LogP) is 3.67. The van der Waals surface area contributed by atoms with E-state index >= 15 is 0 Å². The van der Waals surface area contributed by atoms with E-state index in [0.717, 1.165) is 45.3 Å². The number of hydrogen-bond acceptors (Lipinski definition) is 5. The molecular weight excluding hydrogens is 296 g/mol. The van der Waals surface area contributed by atoms with Gasteiger partial charge in [-0.2, -0.15) is 0 Å². The Hall–Kier alpha value is -2.34. The summed E-state index contributed by atoms with van der Waals surface area (Å²) in [4.78, 5) is 28.2. The van der Waals surface area contributed by atoms with Gasteiger partial charge in [-0.15, -0.1) is 11.3 Å². The first-order chi connectivity index (χ1) is 10.6. The van der Waals surface area contributed by atoms with Crippen LogP contribution in [0.3, 0.4) is 0 Å². The molecule has 0 aromatic carbocycles. The maximum absolute atomic E-state index is 11.9. The number of rotatable bonds is 4. The van der Waals surface area contributed by atoms with Gasteiger partial charge in [0.2, 0.25) is 0 Å². The minimum absolute atomic E-state index is 0.0845. The van der Waals surface area contributed by atoms with E-state index in [0.29, 0.717) is 0 Å². The summed E-state index contributed by atoms with van der Waals surface area (Å²) in [6.45, 7) is 5.58. The first-order valence-corrected chi connectivity index (χ1v) is 7.94. The number of thiazole rings is 1. The van der Waals surface area contributed by atoms with Crippen LogP contribution in [0.2, 0.25) is 0 Å². The molecule has 0 aliphatic carbocycles. The number of aromatic nitrogens is 4. The van der Waals surface area contributed by atoms with E-state index in [1.54, 1.807) is 25.5 Å². The number of nitrogens with zero attached hydrogens (tertiary/aromatic N) is 3. The van der Waals surface area contributed by atoms with Crippen molar-refractivity contribution in [2.24, 2.45) is 0 Å². The smallest absolute Gasteiger partial charge is 0.161 e. The van der Waals surface area contributed by atoms with Crippen LogP contribution < -0.4 is 0 Å². The third-order valence-corrected chi connectivity index (χ3v) is 4.40. The van der Waals surface area contributed by atoms with E-state index < -0.39 is 0 Å². The van der Waals surface area contributed by atoms with Gasteiger partial charge in [-0.3, -0.25) is 14.8 Å². The summed E-state index contributed by atoms with van der Waals surface area (Å²) in [7, 11) is 0. The molecule has 0 saturated heterocycles. The molecule has 0 bridgehead atoms. The molecule has 0 atom stereocenters. The summed E-state index contributed by atoms with van der Waals surface area (Å²) in [5.41, 5.74) is 5.24. The Morgan fingerprint density at radius 1 is 1.32 bits per heavy atom. The fourth-order valence-corrected chi connectivity index (χ4v) is 3.41. The Morgan fingerprint density at radius 2 is 2.14 bits per heavy atom. The van der Waals surface area contributed by atoms with Crippen molar-refractivity contribution in [2.75, 3.05) is 0 Å². The lowest BCUT2D eigenvalue weighted by atomic mass is 10.0. The third kappa shape index (κ3) is 2.46. The van der Waals surface area contributed by atoms with Gasteiger partial charge in [0, 0.05) is 29.0 Å². The monoisotopic (exact) mass is 312 g/mol. The maximum Gasteiger partial charge on any atom is 0.161 e. The highest BCUT2D eigenvalue weighted by molar-refractivity contribution is 7.13. The van der Waals surface area contributed by atoms with Gasteiger partial charge in [0.25, 0.3) is 0 Å². The van der Waals surface area contributed by atoms with E-state index in [2.05, 4.69) is 26.9 Å². The molecule has 0 aliphatic heterocycles. The minimum atomic E-state index is 0.0845. The molecule has 0 unspecified atom stereocenters. The van der Waals surface area contributed by atoms with Crippen molar-refractivity contribution in [2.45, 2.75) is 27.2 Å². The molecule has 3 heterocycles. The highest BCUT2D eigenvalue weighted by atomic mass is 32.1. The Bertz CT molecular complexity index is 820. The van der Waals surface area contributed by atoms with Crippen LogP contribution in [0.1, 0.15) is 35.5 Å². The normalized spacial score (nSPS) is 10.9. The van der Waals surface area contributed by atoms with Crippen molar-refractivity contribution >= 4 is 17.1 Å². The quantitative estimate of drug-likeness (QED) is 0.746. The summed E-state index contributed by atoms with van der Waals surface area (Å²) in [5.74, 6) is 0.0845. The Morgan fingerprint density at radius 3 is 2.77 bits per heavy atom. The Labute approximate surface area is 132 Å². The molecule has 3 rings (SSSR count). The number of nitrogens with one attached hydrogen (secondary N) is 1. The first-order valence-electron chi connectivity index (χ1n) is 7.06. The van der Waals surface area contributed by atoms with Gasteiger partial charge in [0.1, 0.15) is 10.7 Å². The van der Waals surface area contributed by atoms with Gasteiger partial charge in [-0.25, -0.2) is 4.98 Å². The Balaban J connectivity index is 2.08. The van der Waals surface area contributed by atoms with Crippen LogP contribution in [-0.2, 0) is 6.42 Å². The van der Waals surface area contributed by atoms with E-state index in [9.17, 15) is 4.79 Å². The second kappa shape index (κ2) is 5.81. The summed E-state index contributed by atoms with van der Waals surface area (Å²) in [6.07, 6.45) is 5.78. The van der Waals surface area contributed by atoms with Crippen LogP contribution in [0.4, 0.5) is 0 Å². The molecular formula is C16H16N4OS. The van der Waals surface area contributed by atoms with Crippen LogP contribution >= 0.6 is 11.3 Å². The average molecular weight is 312 g/mol. The molecule has 0 aliphatic rings. The summed E-state index contributed by atoms with van der Waals surface area (Å²) in [5, 5.41) is 2.81. The fraction of sp³-hybridized carbons (Fsp3) is 0.250. The fourth-order valence-electron chi connectivity index (χ4n) is 2.64. The third-order valence-electron chi connectivity index (χ3n) is 3.54. The number of carbonyl (C=O) groups is 1. The van der Waals surface area contributed by atoms with E-state index in [-0.39, 0.29) is 5.78 Å². The molecule has 0 radical (unpaired) electrons. The number of aryl methyl sites for hydroxylation is 1. The zero-order valence-corrected chi connectivity index (χ0v) is 13.5. The maximum atomic E-state index is 11.9. The number of H-pyrrole nitrogens is 1. The van der Waals surface area contributed by atoms with Crippen LogP contribution in [0, 0.1) is 6.92 Å². The van der Waals surface area contributed by atoms with Gasteiger partial charge in [0.05, 0.1) is 17.6 Å². The average Bonchev–Trinajstić information content (AvgIpc) is 3.12. The van der Waals surface area contributed by atoms with Crippen LogP contribution in [0.25, 0.3) is 22.1 Å². The number of aromatic amines is 1. The molecule has 112 valence electrons. The molecule has 22 heavy (non-hydrogen) atoms. The second-order valence-corrected chi connectivity index (χ2v) is 5.87. The molecule has 3 aromatic heterocycles. The van der Waals surface area contributed by atoms with Crippen LogP contribution in [0.15, 0.2) is 24.0 Å². The molecule has 1 N–H and O–H groups in total. The highest BCUT2D eigenvalue weighted by Crippen LogP contribution is 2.32.